The smallest absolute Gasteiger partial charge is 0.383 e. The summed E-state index contributed by atoms with van der Waals surface area (Å²) in [5.74, 6) is -0.276. The van der Waals surface area contributed by atoms with Crippen LogP contribution in [0.3, 0.4) is 0 Å². The average Bonchev–Trinajstić information content (AvgIpc) is 3.28. The molecule has 0 radical (unpaired) electrons. The third kappa shape index (κ3) is 9.02. The van der Waals surface area contributed by atoms with Gasteiger partial charge < -0.3 is 15.6 Å². The normalized spacial score (nSPS) is 22.4. The number of ether oxygens (including phenoxy) is 1. The van der Waals surface area contributed by atoms with E-state index in [0.29, 0.717) is 15.6 Å². The lowest BCUT2D eigenvalue weighted by atomic mass is 10.1. The summed E-state index contributed by atoms with van der Waals surface area (Å²) in [7, 11) is -16.1. The minimum absolute atomic E-state index is 0.0891. The molecule has 3 N–H and O–H groups in total. The van der Waals surface area contributed by atoms with Gasteiger partial charge in [0.15, 0.2) is 12.3 Å². The van der Waals surface area contributed by atoms with E-state index < -0.39 is 83.3 Å². The fraction of sp³-hybridized carbons (Fsp3) is 0.882. The highest BCUT2D eigenvalue weighted by atomic mass is 32.2. The average molecular weight is 864 g/mol. The first kappa shape index (κ1) is 49.2. The van der Waals surface area contributed by atoms with Crippen LogP contribution in [0.5, 0.6) is 0 Å². The lowest BCUT2D eigenvalue weighted by Crippen LogP contribution is -2.64. The molecule has 1 aromatic heterocycles. The van der Waals surface area contributed by atoms with Gasteiger partial charge in [0.2, 0.25) is 15.7 Å². The molecule has 1 aliphatic heterocycles. The molecule has 0 aromatic carbocycles. The topological polar surface area (TPSA) is 161 Å². The fourth-order valence-electron chi connectivity index (χ4n) is 9.67. The Morgan fingerprint density at radius 2 is 1.26 bits per heavy atom. The Morgan fingerprint density at radius 3 is 1.61 bits per heavy atom. The van der Waals surface area contributed by atoms with E-state index >= 15 is 0 Å². The molecule has 0 aliphatic carbocycles. The molecule has 1 aromatic rings. The molecule has 2 rings (SSSR count). The highest BCUT2D eigenvalue weighted by Crippen LogP contribution is 2.51. The predicted molar refractivity (Wildman–Crippen MR) is 216 cm³/mol. The van der Waals surface area contributed by atoms with Gasteiger partial charge in [-0.05, 0) is 28.2 Å². The van der Waals surface area contributed by atoms with Gasteiger partial charge in [-0.3, -0.25) is 13.7 Å². The third-order valence-corrected chi connectivity index (χ3v) is 52.1. The number of rotatable bonds is 19. The molecule has 4 atom stereocenters. The first-order valence-electron chi connectivity index (χ1n) is 19.2. The van der Waals surface area contributed by atoms with Crippen molar-refractivity contribution in [3.05, 3.63) is 22.7 Å². The number of sulfone groups is 1. The van der Waals surface area contributed by atoms with Crippen LogP contribution in [-0.4, -0.2) is 84.6 Å². The first-order valence-corrected chi connectivity index (χ1v) is 31.1. The van der Waals surface area contributed by atoms with E-state index in [9.17, 15) is 31.5 Å². The van der Waals surface area contributed by atoms with Crippen molar-refractivity contribution in [1.82, 2.24) is 9.55 Å². The van der Waals surface area contributed by atoms with Crippen LogP contribution in [0.2, 0.25) is 44.3 Å². The second-order valence-corrected chi connectivity index (χ2v) is 44.9. The summed E-state index contributed by atoms with van der Waals surface area (Å²) in [5.41, 5.74) is -0.595. The SMILES string of the molecule is CC(C)[SiH](C(C)C)[Si](OOC[C@H]1O[C@@H](n2ccc(N)nc2=O)[C@](O)(S(=O)(=O)C(F)(F)F)[C@@H]1OO[Si](C(C)C)(C(C)C)[SiH](C(C)C)C(C)C)(C(C)C)C(C)C. The molecule has 1 fully saturated rings. The Hall–Kier alpha value is -0.952. The molecule has 54 heavy (non-hydrogen) atoms. The maximum Gasteiger partial charge on any atom is 0.500 e. The summed E-state index contributed by atoms with van der Waals surface area (Å²) in [6, 6.07) is 1.08. The number of aromatic nitrogens is 2. The van der Waals surface area contributed by atoms with Crippen LogP contribution >= 0.6 is 0 Å². The number of nitrogens with zero attached hydrogens (tertiary/aromatic N) is 2. The molecule has 20 heteroatoms. The van der Waals surface area contributed by atoms with Gasteiger partial charge >= 0.3 is 11.2 Å². The Morgan fingerprint density at radius 1 is 0.852 bits per heavy atom. The third-order valence-electron chi connectivity index (χ3n) is 11.5. The van der Waals surface area contributed by atoms with Crippen molar-refractivity contribution in [1.29, 1.82) is 0 Å². The van der Waals surface area contributed by atoms with Gasteiger partial charge in [-0.1, -0.05) is 133 Å². The minimum atomic E-state index is -6.61. The van der Waals surface area contributed by atoms with Gasteiger partial charge in [0, 0.05) is 6.20 Å². The van der Waals surface area contributed by atoms with Gasteiger partial charge in [0.1, 0.15) is 18.5 Å². The van der Waals surface area contributed by atoms with E-state index in [1.54, 1.807) is 0 Å². The van der Waals surface area contributed by atoms with E-state index in [1.165, 1.54) is 0 Å². The number of aliphatic hydroxyl groups is 1. The van der Waals surface area contributed by atoms with Gasteiger partial charge in [0.25, 0.3) is 14.8 Å². The fourth-order valence-corrected chi connectivity index (χ4v) is 48.3. The lowest BCUT2D eigenvalue weighted by molar-refractivity contribution is -0.300. The van der Waals surface area contributed by atoms with E-state index in [0.717, 1.165) is 12.3 Å². The van der Waals surface area contributed by atoms with Crippen molar-refractivity contribution >= 4 is 48.0 Å². The molecule has 0 amide bonds. The number of alkyl halides is 3. The molecule has 0 bridgehead atoms. The molecular formula is C34H68F3N3O9SSi4. The molecule has 12 nitrogen and oxygen atoms in total. The highest BCUT2D eigenvalue weighted by Gasteiger charge is 2.74. The summed E-state index contributed by atoms with van der Waals surface area (Å²) in [4.78, 5) is 24.9. The van der Waals surface area contributed by atoms with Crippen LogP contribution in [0.25, 0.3) is 0 Å². The van der Waals surface area contributed by atoms with Crippen LogP contribution in [0.4, 0.5) is 19.0 Å². The second-order valence-electron chi connectivity index (χ2n) is 17.6. The largest absolute Gasteiger partial charge is 0.500 e. The summed E-state index contributed by atoms with van der Waals surface area (Å²) >= 11 is 0. The zero-order valence-corrected chi connectivity index (χ0v) is 40.2. The Bertz CT molecular complexity index is 1520. The number of hydrogen-bond acceptors (Lipinski definition) is 11. The van der Waals surface area contributed by atoms with Gasteiger partial charge in [-0.2, -0.15) is 18.2 Å². The minimum Gasteiger partial charge on any atom is -0.383 e. The zero-order chi connectivity index (χ0) is 42.1. The van der Waals surface area contributed by atoms with Crippen LogP contribution in [-0.2, 0) is 33.5 Å². The summed E-state index contributed by atoms with van der Waals surface area (Å²) in [5, 5.41) is 12.3. The van der Waals surface area contributed by atoms with Crippen molar-refractivity contribution in [2.45, 2.75) is 184 Å². The number of nitrogens with two attached hydrogens (primary N) is 1. The molecule has 2 heterocycles. The van der Waals surface area contributed by atoms with E-state index in [2.05, 4.69) is 88.1 Å². The molecule has 0 spiro atoms. The van der Waals surface area contributed by atoms with Crippen molar-refractivity contribution in [2.75, 3.05) is 12.3 Å². The molecule has 1 saturated heterocycles. The van der Waals surface area contributed by atoms with Crippen molar-refractivity contribution < 1.29 is 50.4 Å². The maximum absolute atomic E-state index is 14.7. The maximum atomic E-state index is 14.7. The number of anilines is 1. The summed E-state index contributed by atoms with van der Waals surface area (Å²) < 4.78 is 91.2. The quantitative estimate of drug-likeness (QED) is 0.0811. The van der Waals surface area contributed by atoms with Crippen molar-refractivity contribution in [3.63, 3.8) is 0 Å². The van der Waals surface area contributed by atoms with E-state index in [-0.39, 0.29) is 39.1 Å². The standard InChI is InChI=1S/C34H68F3N3O9SSi4/c1-20(2)51(21(3)4)53(24(9)10,25(11)12)48-45-19-28-30(47-49-54(26(13)14,27(15)16)52(22(5)6)23(7)8)33(42,50(43,44)34(35,36)37)31(46-28)40-18-17-29(38)39-32(40)41/h17-18,20-28,30-31,42,51-52H,19H2,1-16H3,(H2,38,39,41)/t28-,30-,31-,33-/m1/s1. The van der Waals surface area contributed by atoms with Crippen LogP contribution in [0, 0.1) is 0 Å². The van der Waals surface area contributed by atoms with Crippen LogP contribution < -0.4 is 11.4 Å². The Balaban J connectivity index is 2.93. The number of hydrogen-bond donors (Lipinski definition) is 2. The van der Waals surface area contributed by atoms with Crippen LogP contribution in [0.15, 0.2) is 17.1 Å². The molecule has 0 saturated carbocycles. The Labute approximate surface area is 325 Å². The second kappa shape index (κ2) is 18.3. The molecule has 1 aliphatic rings. The predicted octanol–water partition coefficient (Wildman–Crippen LogP) is 7.39. The van der Waals surface area contributed by atoms with E-state index in [4.69, 9.17) is 29.4 Å². The zero-order valence-electron chi connectivity index (χ0n) is 35.1. The molecule has 0 unspecified atom stereocenters. The van der Waals surface area contributed by atoms with Gasteiger partial charge in [-0.25, -0.2) is 23.0 Å². The molecule has 316 valence electrons. The highest BCUT2D eigenvalue weighted by molar-refractivity contribution is 7.93. The first-order chi connectivity index (χ1) is 24.5. The number of nitrogen functional groups attached to an aromatic ring is 1. The monoisotopic (exact) mass is 863 g/mol. The summed E-state index contributed by atoms with van der Waals surface area (Å²) in [6.07, 6.45) is -5.65. The lowest BCUT2D eigenvalue weighted by Gasteiger charge is -2.47. The van der Waals surface area contributed by atoms with E-state index in [1.807, 2.05) is 27.7 Å². The van der Waals surface area contributed by atoms with Gasteiger partial charge in [-0.15, -0.1) is 0 Å². The Kier molecular flexibility index (Phi) is 16.7. The number of halogens is 3. The van der Waals surface area contributed by atoms with Crippen LogP contribution in [0.1, 0.15) is 117 Å². The van der Waals surface area contributed by atoms with Gasteiger partial charge in [0.05, 0.1) is 16.6 Å². The van der Waals surface area contributed by atoms with Crippen molar-refractivity contribution in [3.8, 4) is 0 Å². The summed E-state index contributed by atoms with van der Waals surface area (Å²) in [6.45, 7) is 32.7. The molecular weight excluding hydrogens is 796 g/mol. The van der Waals surface area contributed by atoms with Crippen molar-refractivity contribution in [2.24, 2.45) is 0 Å².